The molecule has 0 spiro atoms. The van der Waals surface area contributed by atoms with Crippen LogP contribution in [0.5, 0.6) is 0 Å². The first kappa shape index (κ1) is 20.8. The zero-order valence-electron chi connectivity index (χ0n) is 16.9. The average Bonchev–Trinajstić information content (AvgIpc) is 2.99. The van der Waals surface area contributed by atoms with Gasteiger partial charge in [-0.05, 0) is 38.1 Å². The van der Waals surface area contributed by atoms with Crippen molar-refractivity contribution in [2.24, 2.45) is 0 Å². The second kappa shape index (κ2) is 8.32. The highest BCUT2D eigenvalue weighted by Crippen LogP contribution is 2.37. The van der Waals surface area contributed by atoms with Crippen LogP contribution < -0.4 is 4.90 Å². The molecule has 1 fully saturated rings. The van der Waals surface area contributed by atoms with Crippen LogP contribution >= 0.6 is 23.2 Å². The molecule has 0 atom stereocenters. The molecule has 7 heteroatoms. The molecule has 2 heterocycles. The van der Waals surface area contributed by atoms with Crippen LogP contribution in [-0.2, 0) is 9.59 Å². The van der Waals surface area contributed by atoms with Gasteiger partial charge in [0.1, 0.15) is 5.70 Å². The number of carbonyl (C=O) groups excluding carboxylic acids is 2. The highest BCUT2D eigenvalue weighted by molar-refractivity contribution is 6.41. The number of benzene rings is 2. The molecule has 2 aliphatic rings. The summed E-state index contributed by atoms with van der Waals surface area (Å²) < 4.78 is 0. The van der Waals surface area contributed by atoms with Gasteiger partial charge in [0.2, 0.25) is 0 Å². The first-order chi connectivity index (χ1) is 14.4. The molecule has 4 rings (SSSR count). The highest BCUT2D eigenvalue weighted by atomic mass is 35.5. The van der Waals surface area contributed by atoms with E-state index < -0.39 is 0 Å². The molecule has 0 radical (unpaired) electrons. The molecule has 0 N–H and O–H groups in total. The Labute approximate surface area is 186 Å². The number of hydrogen-bond acceptors (Lipinski definition) is 4. The smallest absolute Gasteiger partial charge is 0.278 e. The first-order valence-electron chi connectivity index (χ1n) is 10.0. The topological polar surface area (TPSA) is 43.9 Å². The van der Waals surface area contributed by atoms with Crippen LogP contribution in [0.15, 0.2) is 54.2 Å². The number of nitrogens with zero attached hydrogens (tertiary/aromatic N) is 3. The lowest BCUT2D eigenvalue weighted by atomic mass is 10.0. The van der Waals surface area contributed by atoms with E-state index in [9.17, 15) is 9.59 Å². The fourth-order valence-electron chi connectivity index (χ4n) is 4.06. The number of imide groups is 1. The van der Waals surface area contributed by atoms with Crippen LogP contribution in [0.3, 0.4) is 0 Å². The Morgan fingerprint density at radius 3 is 2.07 bits per heavy atom. The molecule has 0 aliphatic carbocycles. The molecule has 30 heavy (non-hydrogen) atoms. The molecule has 2 aromatic rings. The third-order valence-corrected chi connectivity index (χ3v) is 6.07. The van der Waals surface area contributed by atoms with Crippen LogP contribution in [0.2, 0.25) is 10.0 Å². The van der Waals surface area contributed by atoms with Gasteiger partial charge in [0.15, 0.2) is 0 Å². The lowest BCUT2D eigenvalue weighted by molar-refractivity contribution is -0.139. The predicted octanol–water partition coefficient (Wildman–Crippen LogP) is 4.30. The maximum absolute atomic E-state index is 13.3. The molecular weight excluding hydrogens is 421 g/mol. The van der Waals surface area contributed by atoms with Crippen molar-refractivity contribution in [3.63, 3.8) is 0 Å². The number of halogens is 2. The molecule has 0 unspecified atom stereocenters. The van der Waals surface area contributed by atoms with E-state index in [1.807, 2.05) is 36.9 Å². The van der Waals surface area contributed by atoms with E-state index in [1.54, 1.807) is 18.2 Å². The van der Waals surface area contributed by atoms with Crippen molar-refractivity contribution >= 4 is 46.3 Å². The largest absolute Gasteiger partial charge is 0.368 e. The quantitative estimate of drug-likeness (QED) is 0.660. The molecular formula is C23H23Cl2N3O2. The summed E-state index contributed by atoms with van der Waals surface area (Å²) in [5.74, 6) is -0.566. The molecule has 0 saturated carbocycles. The zero-order chi connectivity index (χ0) is 21.4. The Balaban J connectivity index is 1.69. The second-order valence-electron chi connectivity index (χ2n) is 7.73. The predicted molar refractivity (Wildman–Crippen MR) is 121 cm³/mol. The van der Waals surface area contributed by atoms with Gasteiger partial charge in [0.05, 0.1) is 10.6 Å². The number of amides is 2. The highest BCUT2D eigenvalue weighted by Gasteiger charge is 2.43. The lowest BCUT2D eigenvalue weighted by Gasteiger charge is -2.37. The summed E-state index contributed by atoms with van der Waals surface area (Å²) in [4.78, 5) is 32.2. The summed E-state index contributed by atoms with van der Waals surface area (Å²) >= 11 is 12.5. The third kappa shape index (κ3) is 3.68. The Morgan fingerprint density at radius 2 is 1.47 bits per heavy atom. The Morgan fingerprint density at radius 1 is 0.833 bits per heavy atom. The average molecular weight is 444 g/mol. The molecule has 0 aromatic heterocycles. The summed E-state index contributed by atoms with van der Waals surface area (Å²) in [5, 5.41) is 0.851. The Hall–Kier alpha value is -2.50. The van der Waals surface area contributed by atoms with E-state index in [2.05, 4.69) is 17.0 Å². The molecule has 2 aromatic carbocycles. The molecule has 156 valence electrons. The number of carbonyl (C=O) groups is 2. The monoisotopic (exact) mass is 443 g/mol. The van der Waals surface area contributed by atoms with Gasteiger partial charge in [-0.25, -0.2) is 0 Å². The first-order valence-corrected chi connectivity index (χ1v) is 10.8. The molecule has 5 nitrogen and oxygen atoms in total. The van der Waals surface area contributed by atoms with Crippen LogP contribution in [-0.4, -0.2) is 53.8 Å². The van der Waals surface area contributed by atoms with Gasteiger partial charge < -0.3 is 9.80 Å². The summed E-state index contributed by atoms with van der Waals surface area (Å²) in [7, 11) is 0. The minimum absolute atomic E-state index is 0.241. The van der Waals surface area contributed by atoms with Gasteiger partial charge in [-0.3, -0.25) is 14.5 Å². The van der Waals surface area contributed by atoms with E-state index >= 15 is 0 Å². The third-order valence-electron chi connectivity index (χ3n) is 5.52. The van der Waals surface area contributed by atoms with Gasteiger partial charge >= 0.3 is 0 Å². The van der Waals surface area contributed by atoms with E-state index in [-0.39, 0.29) is 17.9 Å². The maximum Gasteiger partial charge on any atom is 0.278 e. The van der Waals surface area contributed by atoms with Gasteiger partial charge in [0.25, 0.3) is 11.8 Å². The summed E-state index contributed by atoms with van der Waals surface area (Å²) in [6.45, 7) is 6.49. The van der Waals surface area contributed by atoms with E-state index in [0.717, 1.165) is 18.8 Å². The van der Waals surface area contributed by atoms with Crippen LogP contribution in [0.1, 0.15) is 19.4 Å². The number of hydrogen-bond donors (Lipinski definition) is 0. The Kier molecular flexibility index (Phi) is 5.76. The van der Waals surface area contributed by atoms with Crippen molar-refractivity contribution in [2.75, 3.05) is 31.1 Å². The molecule has 2 aliphatic heterocycles. The van der Waals surface area contributed by atoms with Crippen molar-refractivity contribution in [1.82, 2.24) is 9.80 Å². The lowest BCUT2D eigenvalue weighted by Crippen LogP contribution is -2.48. The van der Waals surface area contributed by atoms with Crippen LogP contribution in [0.4, 0.5) is 5.69 Å². The SMILES string of the molecule is CC(C)N1C(=O)C(c2ccc(Cl)cc2Cl)=C(N2CCN(c3ccccc3)CC2)C1=O. The van der Waals surface area contributed by atoms with Crippen LogP contribution in [0, 0.1) is 0 Å². The second-order valence-corrected chi connectivity index (χ2v) is 8.58. The Bertz CT molecular complexity index is 1010. The van der Waals surface area contributed by atoms with E-state index in [0.29, 0.717) is 40.0 Å². The number of rotatable bonds is 4. The van der Waals surface area contributed by atoms with Gasteiger partial charge in [-0.15, -0.1) is 0 Å². The van der Waals surface area contributed by atoms with Crippen molar-refractivity contribution in [1.29, 1.82) is 0 Å². The number of anilines is 1. The van der Waals surface area contributed by atoms with Gasteiger partial charge in [-0.2, -0.15) is 0 Å². The minimum atomic E-state index is -0.306. The van der Waals surface area contributed by atoms with Crippen molar-refractivity contribution < 1.29 is 9.59 Å². The zero-order valence-corrected chi connectivity index (χ0v) is 18.5. The standard InChI is InChI=1S/C23H23Cl2N3O2/c1-15(2)28-22(29)20(18-9-8-16(24)14-19(18)25)21(23(28)30)27-12-10-26(11-13-27)17-6-4-3-5-7-17/h3-9,14-15H,10-13H2,1-2H3. The van der Waals surface area contributed by atoms with E-state index in [1.165, 1.54) is 4.90 Å². The molecule has 1 saturated heterocycles. The minimum Gasteiger partial charge on any atom is -0.368 e. The summed E-state index contributed by atoms with van der Waals surface area (Å²) in [5.41, 5.74) is 2.50. The van der Waals surface area contributed by atoms with Crippen molar-refractivity contribution in [3.05, 3.63) is 69.8 Å². The van der Waals surface area contributed by atoms with E-state index in [4.69, 9.17) is 23.2 Å². The van der Waals surface area contributed by atoms with Crippen LogP contribution in [0.25, 0.3) is 5.57 Å². The fraction of sp³-hybridized carbons (Fsp3) is 0.304. The number of para-hydroxylation sites is 1. The normalized spacial score (nSPS) is 17.6. The van der Waals surface area contributed by atoms with Crippen molar-refractivity contribution in [2.45, 2.75) is 19.9 Å². The summed E-state index contributed by atoms with van der Waals surface area (Å²) in [6, 6.07) is 15.0. The maximum atomic E-state index is 13.3. The fourth-order valence-corrected chi connectivity index (χ4v) is 4.56. The van der Waals surface area contributed by atoms with Gasteiger partial charge in [0, 0.05) is 48.5 Å². The summed E-state index contributed by atoms with van der Waals surface area (Å²) in [6.07, 6.45) is 0. The number of piperazine rings is 1. The van der Waals surface area contributed by atoms with Crippen molar-refractivity contribution in [3.8, 4) is 0 Å². The molecule has 2 amide bonds. The van der Waals surface area contributed by atoms with Gasteiger partial charge in [-0.1, -0.05) is 47.5 Å². The molecule has 0 bridgehead atoms.